The minimum atomic E-state index is -0.189. The Kier molecular flexibility index (Phi) is 5.71. The third-order valence-electron chi connectivity index (χ3n) is 6.18. The number of hydrogen-bond donors (Lipinski definition) is 2. The molecular weight excluding hydrogens is 356 g/mol. The minimum absolute atomic E-state index is 0.00365. The SMILES string of the molecule is CCOC(=O)N1CCC(N[C@H]2CC[C@H](n3c(=O)[nH]c4ccccc43)CC2)CC1. The van der Waals surface area contributed by atoms with Gasteiger partial charge >= 0.3 is 11.8 Å². The highest BCUT2D eigenvalue weighted by molar-refractivity contribution is 5.75. The van der Waals surface area contributed by atoms with Crippen LogP contribution in [0.1, 0.15) is 51.5 Å². The molecule has 2 heterocycles. The van der Waals surface area contributed by atoms with E-state index < -0.39 is 0 Å². The van der Waals surface area contributed by atoms with E-state index in [9.17, 15) is 9.59 Å². The average molecular weight is 386 g/mol. The number of imidazole rings is 1. The number of rotatable bonds is 4. The first-order valence-corrected chi connectivity index (χ1v) is 10.5. The number of H-pyrrole nitrogens is 1. The van der Waals surface area contributed by atoms with E-state index in [0.717, 1.165) is 62.6 Å². The highest BCUT2D eigenvalue weighted by atomic mass is 16.6. The molecule has 1 aliphatic heterocycles. The Labute approximate surface area is 165 Å². The van der Waals surface area contributed by atoms with E-state index in [0.29, 0.717) is 18.7 Å². The van der Waals surface area contributed by atoms with E-state index in [-0.39, 0.29) is 17.8 Å². The van der Waals surface area contributed by atoms with Crippen molar-refractivity contribution in [2.24, 2.45) is 0 Å². The lowest BCUT2D eigenvalue weighted by molar-refractivity contribution is 0.0933. The summed E-state index contributed by atoms with van der Waals surface area (Å²) in [5.41, 5.74) is 1.93. The number of piperidine rings is 1. The van der Waals surface area contributed by atoms with Gasteiger partial charge in [-0.1, -0.05) is 12.1 Å². The van der Waals surface area contributed by atoms with Crippen LogP contribution in [0.25, 0.3) is 11.0 Å². The van der Waals surface area contributed by atoms with Crippen LogP contribution in [0.3, 0.4) is 0 Å². The maximum Gasteiger partial charge on any atom is 0.409 e. The normalized spacial score (nSPS) is 23.8. The summed E-state index contributed by atoms with van der Waals surface area (Å²) < 4.78 is 7.04. The molecule has 152 valence electrons. The van der Waals surface area contributed by atoms with Gasteiger partial charge in [0.1, 0.15) is 0 Å². The lowest BCUT2D eigenvalue weighted by atomic mass is 9.89. The molecule has 1 aromatic heterocycles. The van der Waals surface area contributed by atoms with Gasteiger partial charge in [-0.15, -0.1) is 0 Å². The molecule has 2 aliphatic rings. The van der Waals surface area contributed by atoms with Crippen LogP contribution in [0.4, 0.5) is 4.79 Å². The molecule has 2 N–H and O–H groups in total. The third kappa shape index (κ3) is 3.94. The summed E-state index contributed by atoms with van der Waals surface area (Å²) in [4.78, 5) is 29.0. The Hall–Kier alpha value is -2.28. The van der Waals surface area contributed by atoms with Crippen molar-refractivity contribution in [1.82, 2.24) is 19.8 Å². The van der Waals surface area contributed by atoms with Crippen LogP contribution in [0, 0.1) is 0 Å². The van der Waals surface area contributed by atoms with Gasteiger partial charge < -0.3 is 19.9 Å². The molecule has 7 heteroatoms. The van der Waals surface area contributed by atoms with Crippen LogP contribution in [0.5, 0.6) is 0 Å². The second kappa shape index (κ2) is 8.39. The third-order valence-corrected chi connectivity index (χ3v) is 6.18. The number of amides is 1. The zero-order valence-electron chi connectivity index (χ0n) is 16.5. The van der Waals surface area contributed by atoms with Crippen molar-refractivity contribution in [2.45, 2.75) is 63.6 Å². The van der Waals surface area contributed by atoms with Crippen LogP contribution < -0.4 is 11.0 Å². The van der Waals surface area contributed by atoms with Crippen molar-refractivity contribution < 1.29 is 9.53 Å². The number of carbonyl (C=O) groups excluding carboxylic acids is 1. The summed E-state index contributed by atoms with van der Waals surface area (Å²) >= 11 is 0. The van der Waals surface area contributed by atoms with E-state index in [4.69, 9.17) is 4.74 Å². The smallest absolute Gasteiger partial charge is 0.409 e. The molecule has 0 radical (unpaired) electrons. The number of ether oxygens (including phenoxy) is 1. The van der Waals surface area contributed by atoms with Crippen molar-refractivity contribution in [3.63, 3.8) is 0 Å². The van der Waals surface area contributed by atoms with Gasteiger partial charge in [-0.05, 0) is 57.6 Å². The number of aromatic amines is 1. The number of hydrogen-bond acceptors (Lipinski definition) is 4. The Balaban J connectivity index is 1.29. The van der Waals surface area contributed by atoms with Gasteiger partial charge in [0.15, 0.2) is 0 Å². The second-order valence-electron chi connectivity index (χ2n) is 7.95. The van der Waals surface area contributed by atoms with Gasteiger partial charge in [-0.2, -0.15) is 0 Å². The van der Waals surface area contributed by atoms with Gasteiger partial charge in [0, 0.05) is 31.2 Å². The predicted octanol–water partition coefficient (Wildman–Crippen LogP) is 3.02. The standard InChI is InChI=1S/C21H30N4O3/c1-2-28-21(27)24-13-11-16(12-14-24)22-15-7-9-17(10-8-15)25-19-6-4-3-5-18(19)23-20(25)26/h3-6,15-17,22H,2,7-14H2,1H3,(H,23,26)/t15-,17-. The quantitative estimate of drug-likeness (QED) is 0.847. The first kappa shape index (κ1) is 19.1. The molecular formula is C21H30N4O3. The zero-order valence-corrected chi connectivity index (χ0v) is 16.5. The molecule has 1 aromatic carbocycles. The lowest BCUT2D eigenvalue weighted by Gasteiger charge is -2.36. The molecule has 2 aromatic rings. The number of nitrogens with one attached hydrogen (secondary N) is 2. The molecule has 2 fully saturated rings. The topological polar surface area (TPSA) is 79.4 Å². The van der Waals surface area contributed by atoms with Crippen molar-refractivity contribution in [3.05, 3.63) is 34.7 Å². The van der Waals surface area contributed by atoms with Crippen molar-refractivity contribution in [2.75, 3.05) is 19.7 Å². The Morgan fingerprint density at radius 1 is 1.11 bits per heavy atom. The highest BCUT2D eigenvalue weighted by Gasteiger charge is 2.28. The predicted molar refractivity (Wildman–Crippen MR) is 109 cm³/mol. The maximum absolute atomic E-state index is 12.4. The summed E-state index contributed by atoms with van der Waals surface area (Å²) in [5, 5.41) is 3.79. The van der Waals surface area contributed by atoms with Gasteiger partial charge in [0.2, 0.25) is 0 Å². The van der Waals surface area contributed by atoms with Gasteiger partial charge in [0.25, 0.3) is 0 Å². The number of carbonyl (C=O) groups is 1. The Morgan fingerprint density at radius 3 is 2.50 bits per heavy atom. The van der Waals surface area contributed by atoms with E-state index in [2.05, 4.69) is 10.3 Å². The van der Waals surface area contributed by atoms with Gasteiger partial charge in [0.05, 0.1) is 17.6 Å². The molecule has 1 amide bonds. The number of aromatic nitrogens is 2. The first-order valence-electron chi connectivity index (χ1n) is 10.5. The fourth-order valence-corrected chi connectivity index (χ4v) is 4.71. The summed E-state index contributed by atoms with van der Waals surface area (Å²) in [6, 6.07) is 9.16. The van der Waals surface area contributed by atoms with E-state index in [1.165, 1.54) is 0 Å². The largest absolute Gasteiger partial charge is 0.450 e. The zero-order chi connectivity index (χ0) is 19.5. The van der Waals surface area contributed by atoms with Gasteiger partial charge in [-0.3, -0.25) is 4.57 Å². The fraction of sp³-hybridized carbons (Fsp3) is 0.619. The van der Waals surface area contributed by atoms with Crippen LogP contribution in [-0.2, 0) is 4.74 Å². The summed E-state index contributed by atoms with van der Waals surface area (Å²) in [7, 11) is 0. The lowest BCUT2D eigenvalue weighted by Crippen LogP contribution is -2.48. The number of para-hydroxylation sites is 2. The maximum atomic E-state index is 12.4. The molecule has 28 heavy (non-hydrogen) atoms. The van der Waals surface area contributed by atoms with Crippen molar-refractivity contribution in [1.29, 1.82) is 0 Å². The second-order valence-corrected chi connectivity index (χ2v) is 7.95. The van der Waals surface area contributed by atoms with Crippen molar-refractivity contribution in [3.8, 4) is 0 Å². The molecule has 1 saturated carbocycles. The van der Waals surface area contributed by atoms with E-state index in [1.54, 1.807) is 0 Å². The van der Waals surface area contributed by atoms with Crippen LogP contribution in [0.15, 0.2) is 29.1 Å². The van der Waals surface area contributed by atoms with Gasteiger partial charge in [-0.25, -0.2) is 9.59 Å². The number of fused-ring (bicyclic) bond motifs is 1. The fourth-order valence-electron chi connectivity index (χ4n) is 4.71. The van der Waals surface area contributed by atoms with E-state index in [1.807, 2.05) is 40.7 Å². The number of benzene rings is 1. The van der Waals surface area contributed by atoms with Crippen LogP contribution in [0.2, 0.25) is 0 Å². The van der Waals surface area contributed by atoms with E-state index >= 15 is 0 Å². The summed E-state index contributed by atoms with van der Waals surface area (Å²) in [6.45, 7) is 3.79. The van der Waals surface area contributed by atoms with Crippen LogP contribution in [-0.4, -0.2) is 52.3 Å². The molecule has 4 rings (SSSR count). The monoisotopic (exact) mass is 386 g/mol. The molecule has 1 aliphatic carbocycles. The molecule has 0 bridgehead atoms. The molecule has 0 atom stereocenters. The number of nitrogens with zero attached hydrogens (tertiary/aromatic N) is 2. The van der Waals surface area contributed by atoms with Crippen LogP contribution >= 0.6 is 0 Å². The highest BCUT2D eigenvalue weighted by Crippen LogP contribution is 2.30. The minimum Gasteiger partial charge on any atom is -0.450 e. The Morgan fingerprint density at radius 2 is 1.79 bits per heavy atom. The summed E-state index contributed by atoms with van der Waals surface area (Å²) in [6.07, 6.45) is 5.94. The Bertz CT molecular complexity index is 858. The summed E-state index contributed by atoms with van der Waals surface area (Å²) in [5.74, 6) is 0. The molecule has 0 unspecified atom stereocenters. The van der Waals surface area contributed by atoms with Crippen molar-refractivity contribution >= 4 is 17.1 Å². The number of likely N-dealkylation sites (tertiary alicyclic amines) is 1. The molecule has 1 saturated heterocycles. The molecule has 7 nitrogen and oxygen atoms in total. The average Bonchev–Trinajstić information content (AvgIpc) is 3.05. The first-order chi connectivity index (χ1) is 13.7. The molecule has 0 spiro atoms.